The minimum absolute atomic E-state index is 0.000441. The third-order valence-corrected chi connectivity index (χ3v) is 23.3. The Kier molecular flexibility index (Phi) is 11.9. The summed E-state index contributed by atoms with van der Waals surface area (Å²) in [6.07, 6.45) is 10.5. The van der Waals surface area contributed by atoms with Crippen LogP contribution in [0.4, 0.5) is 5.69 Å². The van der Waals surface area contributed by atoms with Gasteiger partial charge >= 0.3 is 0 Å². The minimum atomic E-state index is -1.50. The molecule has 17 unspecified atom stereocenters. The zero-order valence-electron chi connectivity index (χ0n) is 38.7. The molecule has 13 heteroatoms. The number of carbonyl (C=O) groups excluding carboxylic acids is 2. The zero-order chi connectivity index (χ0) is 46.1. The number of aliphatic hydroxyl groups excluding tert-OH is 4. The first-order valence-corrected chi connectivity index (χ1v) is 27.4. The van der Waals surface area contributed by atoms with E-state index < -0.39 is 57.1 Å². The molecule has 358 valence electrons. The third kappa shape index (κ3) is 6.61. The van der Waals surface area contributed by atoms with Gasteiger partial charge in [-0.15, -0.1) is 0 Å². The minimum Gasteiger partial charge on any atom is -0.508 e. The topological polar surface area (TPSA) is 192 Å². The first-order valence-electron chi connectivity index (χ1n) is 25.0. The quantitative estimate of drug-likeness (QED) is 0.0892. The second-order valence-corrected chi connectivity index (χ2v) is 25.5. The highest BCUT2D eigenvalue weighted by Crippen LogP contribution is 2.75. The normalized spacial score (nSPS) is 47.3. The number of ether oxygens (including phenoxy) is 1. The van der Waals surface area contributed by atoms with Gasteiger partial charge in [-0.1, -0.05) is 67.9 Å². The van der Waals surface area contributed by atoms with Crippen LogP contribution >= 0.6 is 21.6 Å². The fourth-order valence-electron chi connectivity index (χ4n) is 16.5. The van der Waals surface area contributed by atoms with Crippen LogP contribution < -0.4 is 4.90 Å². The average molecular weight is 936 g/mol. The Hall–Kier alpha value is -1.94. The van der Waals surface area contributed by atoms with Crippen LogP contribution in [0.15, 0.2) is 42.0 Å². The fraction of sp³-hybridized carbons (Fsp3) is 0.769. The van der Waals surface area contributed by atoms with Gasteiger partial charge in [-0.25, -0.2) is 0 Å². The van der Waals surface area contributed by atoms with E-state index in [-0.39, 0.29) is 84.4 Å². The van der Waals surface area contributed by atoms with Crippen molar-refractivity contribution >= 4 is 39.0 Å². The molecule has 4 saturated carbocycles. The molecule has 1 aromatic rings. The average Bonchev–Trinajstić information content (AvgIpc) is 3.95. The summed E-state index contributed by atoms with van der Waals surface area (Å²) in [5.41, 5.74) is -4.36. The lowest BCUT2D eigenvalue weighted by Gasteiger charge is -2.66. The highest BCUT2D eigenvalue weighted by molar-refractivity contribution is 8.77. The molecule has 65 heavy (non-hydrogen) atoms. The van der Waals surface area contributed by atoms with Crippen molar-refractivity contribution in [3.8, 4) is 5.75 Å². The number of ketones is 1. The molecule has 2 saturated heterocycles. The van der Waals surface area contributed by atoms with Crippen LogP contribution in [0.1, 0.15) is 117 Å². The summed E-state index contributed by atoms with van der Waals surface area (Å²) in [6, 6.07) is 5.42. The van der Waals surface area contributed by atoms with Crippen LogP contribution in [0, 0.1) is 63.1 Å². The van der Waals surface area contributed by atoms with Crippen molar-refractivity contribution in [2.75, 3.05) is 30.4 Å². The summed E-state index contributed by atoms with van der Waals surface area (Å²) in [5, 5.41) is 83.1. The highest BCUT2D eigenvalue weighted by atomic mass is 33.1. The number of aryl methyl sites for hydroxylation is 1. The van der Waals surface area contributed by atoms with E-state index in [1.165, 1.54) is 0 Å². The predicted molar refractivity (Wildman–Crippen MR) is 252 cm³/mol. The molecule has 0 radical (unpaired) electrons. The number of phenolic OH excluding ortho intramolecular Hbond substituents is 1. The van der Waals surface area contributed by atoms with Gasteiger partial charge in [0.2, 0.25) is 5.91 Å². The van der Waals surface area contributed by atoms with E-state index in [9.17, 15) is 35.7 Å². The molecule has 3 spiro atoms. The number of fused-ring (bicyclic) bond motifs is 1. The van der Waals surface area contributed by atoms with Gasteiger partial charge in [0.1, 0.15) is 17.5 Å². The van der Waals surface area contributed by atoms with E-state index in [1.807, 2.05) is 11.0 Å². The molecule has 6 aliphatic carbocycles. The Morgan fingerprint density at radius 2 is 1.77 bits per heavy atom. The number of benzene rings is 1. The Morgan fingerprint density at radius 1 is 0.985 bits per heavy atom. The molecule has 12 rings (SSSR count). The number of nitrogens with zero attached hydrogens (tertiary/aromatic N) is 1. The number of hydrogen-bond donors (Lipinski definition) is 7. The van der Waals surface area contributed by atoms with Gasteiger partial charge in [0.05, 0.1) is 34.7 Å². The molecule has 11 nitrogen and oxygen atoms in total. The molecule has 8 bridgehead atoms. The summed E-state index contributed by atoms with van der Waals surface area (Å²) >= 11 is 0. The Balaban J connectivity index is 1.15. The van der Waals surface area contributed by atoms with Crippen molar-refractivity contribution in [3.05, 3.63) is 47.6 Å². The number of carbonyl (C=O) groups is 2. The van der Waals surface area contributed by atoms with Crippen molar-refractivity contribution < 1.29 is 50.1 Å². The van der Waals surface area contributed by atoms with Crippen molar-refractivity contribution in [2.24, 2.45) is 63.1 Å². The van der Waals surface area contributed by atoms with Crippen molar-refractivity contribution in [3.63, 3.8) is 0 Å². The number of rotatable bonds is 7. The van der Waals surface area contributed by atoms with Crippen LogP contribution in [0.3, 0.4) is 0 Å². The number of epoxide rings is 1. The van der Waals surface area contributed by atoms with Crippen LogP contribution in [0.25, 0.3) is 0 Å². The Morgan fingerprint density at radius 3 is 2.52 bits per heavy atom. The van der Waals surface area contributed by atoms with E-state index in [2.05, 4.69) is 39.8 Å². The van der Waals surface area contributed by atoms with Crippen molar-refractivity contribution in [1.82, 2.24) is 0 Å². The van der Waals surface area contributed by atoms with Gasteiger partial charge in [-0.2, -0.15) is 0 Å². The molecule has 0 aromatic heterocycles. The lowest BCUT2D eigenvalue weighted by Crippen LogP contribution is -2.68. The SMILES string of the molecule is CC(C)C(C)C1OC1C1(O)CC=CC2CC3C4=CC(=O)C5(CSSC(CCCO)C6CCCC(CO)C67CCN(C7=O)c6cc(O)cc(c6)CCC26C1CCC46O)CC(O)C(O)CC35C. The monoisotopic (exact) mass is 935 g/mol. The first-order chi connectivity index (χ1) is 31.0. The van der Waals surface area contributed by atoms with Gasteiger partial charge < -0.3 is 45.4 Å². The molecular weight excluding hydrogens is 863 g/mol. The second kappa shape index (κ2) is 16.6. The molecule has 5 heterocycles. The maximum atomic E-state index is 15.5. The number of aliphatic hydroxyl groups is 6. The van der Waals surface area contributed by atoms with E-state index in [1.54, 1.807) is 39.8 Å². The van der Waals surface area contributed by atoms with Crippen LogP contribution in [-0.4, -0.2) is 114 Å². The smallest absolute Gasteiger partial charge is 0.233 e. The maximum absolute atomic E-state index is 15.5. The molecule has 6 fully saturated rings. The number of aromatic hydroxyl groups is 1. The number of allylic oxidation sites excluding steroid dienone is 2. The van der Waals surface area contributed by atoms with Gasteiger partial charge in [-0.3, -0.25) is 9.59 Å². The van der Waals surface area contributed by atoms with Gasteiger partial charge in [0, 0.05) is 53.8 Å². The molecule has 11 aliphatic rings. The maximum Gasteiger partial charge on any atom is 0.233 e. The standard InChI is InChI=1S/C52H73NO10S2/c1-29(2)30(3)44-45(63-44)51(61)14-6-9-32-22-37-38-24-43(59)48(26-40(58)39(57)25-47(37,48)4)28-64-65-41(11-7-19-54)36-10-5-8-33(27-55)49(36)17-18-53(46(49)60)34-20-31(21-35(56)23-34)12-15-50(32)42(51)13-16-52(38,50)62/h6,9,20-21,23-24,29-30,32-33,36-37,39-42,44-45,54-58,61-62H,5,7-8,10-19,22,25-28H2,1-4H3. The molecule has 1 aromatic carbocycles. The lowest BCUT2D eigenvalue weighted by atomic mass is 9.39. The Bertz CT molecular complexity index is 2120. The largest absolute Gasteiger partial charge is 0.508 e. The summed E-state index contributed by atoms with van der Waals surface area (Å²) in [5.74, 6) is -0.482. The van der Waals surface area contributed by atoms with Gasteiger partial charge in [0.15, 0.2) is 5.78 Å². The third-order valence-electron chi connectivity index (χ3n) is 20.2. The van der Waals surface area contributed by atoms with Crippen LogP contribution in [0.5, 0.6) is 5.75 Å². The predicted octanol–water partition coefficient (Wildman–Crippen LogP) is 6.52. The van der Waals surface area contributed by atoms with Gasteiger partial charge in [0.25, 0.3) is 0 Å². The summed E-state index contributed by atoms with van der Waals surface area (Å²) < 4.78 is 6.50. The second-order valence-electron chi connectivity index (χ2n) is 22.9. The van der Waals surface area contributed by atoms with E-state index in [0.29, 0.717) is 87.3 Å². The number of phenols is 1. The number of anilines is 1. The molecular formula is C52H73NO10S2. The van der Waals surface area contributed by atoms with E-state index >= 15 is 9.59 Å². The van der Waals surface area contributed by atoms with E-state index in [0.717, 1.165) is 24.8 Å². The highest BCUT2D eigenvalue weighted by Gasteiger charge is 2.77. The van der Waals surface area contributed by atoms with Crippen molar-refractivity contribution in [1.29, 1.82) is 0 Å². The van der Waals surface area contributed by atoms with Crippen LogP contribution in [0.2, 0.25) is 0 Å². The molecule has 7 N–H and O–H groups in total. The molecule has 17 atom stereocenters. The first kappa shape index (κ1) is 46.8. The number of hydrogen-bond acceptors (Lipinski definition) is 12. The van der Waals surface area contributed by atoms with Gasteiger partial charge in [-0.05, 0) is 154 Å². The van der Waals surface area contributed by atoms with Crippen molar-refractivity contribution in [2.45, 2.75) is 158 Å². The number of amides is 1. The summed E-state index contributed by atoms with van der Waals surface area (Å²) in [4.78, 5) is 32.7. The zero-order valence-corrected chi connectivity index (χ0v) is 40.4. The summed E-state index contributed by atoms with van der Waals surface area (Å²) in [6.45, 7) is 8.97. The van der Waals surface area contributed by atoms with Crippen LogP contribution in [-0.2, 0) is 20.7 Å². The molecule has 1 amide bonds. The molecule has 5 aliphatic heterocycles. The van der Waals surface area contributed by atoms with E-state index in [4.69, 9.17) is 4.74 Å². The Labute approximate surface area is 392 Å². The lowest BCUT2D eigenvalue weighted by molar-refractivity contribution is -0.194. The summed E-state index contributed by atoms with van der Waals surface area (Å²) in [7, 11) is 3.27. The fourth-order valence-corrected chi connectivity index (χ4v) is 20.3.